The van der Waals surface area contributed by atoms with Crippen LogP contribution in [0.2, 0.25) is 0 Å². The molecule has 6 nitrogen and oxygen atoms in total. The van der Waals surface area contributed by atoms with Crippen molar-refractivity contribution in [2.75, 3.05) is 6.54 Å². The summed E-state index contributed by atoms with van der Waals surface area (Å²) >= 11 is 0. The number of hydrogen-bond acceptors (Lipinski definition) is 4. The minimum atomic E-state index is -1.21. The third kappa shape index (κ3) is 2.78. The molecular weight excluding hydrogens is 282 g/mol. The maximum atomic E-state index is 12.7. The van der Waals surface area contributed by atoms with Gasteiger partial charge in [0, 0.05) is 6.54 Å². The molecule has 3 atom stereocenters. The summed E-state index contributed by atoms with van der Waals surface area (Å²) in [5, 5.41) is 10.3. The lowest BCUT2D eigenvalue weighted by molar-refractivity contribution is -0.146. The number of amides is 1. The molecule has 0 radical (unpaired) electrons. The molecule has 3 unspecified atom stereocenters. The van der Waals surface area contributed by atoms with Gasteiger partial charge in [0.2, 0.25) is 0 Å². The van der Waals surface area contributed by atoms with Gasteiger partial charge in [-0.25, -0.2) is 4.98 Å². The Bertz CT molecular complexity index is 635. The second-order valence-corrected chi connectivity index (χ2v) is 6.03. The van der Waals surface area contributed by atoms with Gasteiger partial charge < -0.3 is 19.4 Å². The number of H-pyrrole nitrogens is 1. The summed E-state index contributed by atoms with van der Waals surface area (Å²) in [5.41, 5.74) is 0.415. The highest BCUT2D eigenvalue weighted by Crippen LogP contribution is 2.36. The molecule has 6 heteroatoms. The van der Waals surface area contributed by atoms with E-state index in [0.717, 1.165) is 24.4 Å². The van der Waals surface area contributed by atoms with E-state index >= 15 is 0 Å². The fraction of sp³-hybridized carbons (Fsp3) is 0.500. The Morgan fingerprint density at radius 3 is 3.00 bits per heavy atom. The van der Waals surface area contributed by atoms with Crippen LogP contribution in [-0.2, 0) is 4.79 Å². The maximum Gasteiger partial charge on any atom is 0.258 e. The number of imidazole rings is 1. The fourth-order valence-corrected chi connectivity index (χ4v) is 3.01. The van der Waals surface area contributed by atoms with Crippen molar-refractivity contribution in [2.24, 2.45) is 5.92 Å². The van der Waals surface area contributed by atoms with Gasteiger partial charge >= 0.3 is 0 Å². The highest BCUT2D eigenvalue weighted by Gasteiger charge is 2.36. The number of rotatable bonds is 3. The van der Waals surface area contributed by atoms with Crippen molar-refractivity contribution in [3.63, 3.8) is 0 Å². The Labute approximate surface area is 129 Å². The zero-order valence-electron chi connectivity index (χ0n) is 12.8. The van der Waals surface area contributed by atoms with Gasteiger partial charge in [-0.1, -0.05) is 6.92 Å². The number of aromatic nitrogens is 2. The molecule has 3 heterocycles. The number of furan rings is 1. The molecule has 1 amide bonds. The number of aryl methyl sites for hydroxylation is 1. The average Bonchev–Trinajstić information content (AvgIpc) is 3.17. The van der Waals surface area contributed by atoms with Gasteiger partial charge in [-0.15, -0.1) is 0 Å². The van der Waals surface area contributed by atoms with E-state index in [1.807, 2.05) is 19.1 Å². The van der Waals surface area contributed by atoms with Crippen LogP contribution in [0.25, 0.3) is 0 Å². The minimum absolute atomic E-state index is 0.123. The highest BCUT2D eigenvalue weighted by atomic mass is 16.3. The second kappa shape index (κ2) is 5.96. The SMILES string of the molecule is Cc1ccc(C2CC(C)CCN2C(=O)C(O)c2cnc[nH]2)o1. The number of aromatic amines is 1. The lowest BCUT2D eigenvalue weighted by atomic mass is 9.90. The maximum absolute atomic E-state index is 12.7. The van der Waals surface area contributed by atoms with Gasteiger partial charge in [0.1, 0.15) is 11.5 Å². The monoisotopic (exact) mass is 303 g/mol. The first kappa shape index (κ1) is 14.8. The van der Waals surface area contributed by atoms with E-state index in [-0.39, 0.29) is 11.9 Å². The molecule has 22 heavy (non-hydrogen) atoms. The third-order valence-electron chi connectivity index (χ3n) is 4.29. The van der Waals surface area contributed by atoms with Crippen LogP contribution in [0.1, 0.15) is 49.1 Å². The second-order valence-electron chi connectivity index (χ2n) is 6.03. The molecular formula is C16H21N3O3. The lowest BCUT2D eigenvalue weighted by Crippen LogP contribution is -2.43. The van der Waals surface area contributed by atoms with E-state index in [2.05, 4.69) is 16.9 Å². The number of nitrogens with one attached hydrogen (secondary N) is 1. The first-order chi connectivity index (χ1) is 10.6. The Hall–Kier alpha value is -2.08. The summed E-state index contributed by atoms with van der Waals surface area (Å²) in [6, 6.07) is 3.70. The van der Waals surface area contributed by atoms with Gasteiger partial charge in [-0.05, 0) is 37.8 Å². The van der Waals surface area contributed by atoms with Gasteiger partial charge in [0.05, 0.1) is 24.3 Å². The van der Waals surface area contributed by atoms with E-state index in [1.54, 1.807) is 4.90 Å². The largest absolute Gasteiger partial charge is 0.464 e. The molecule has 0 spiro atoms. The molecule has 118 valence electrons. The topological polar surface area (TPSA) is 82.4 Å². The molecule has 0 bridgehead atoms. The summed E-state index contributed by atoms with van der Waals surface area (Å²) in [5.74, 6) is 1.82. The number of likely N-dealkylation sites (tertiary alicyclic amines) is 1. The summed E-state index contributed by atoms with van der Waals surface area (Å²) in [6.45, 7) is 4.69. The number of nitrogens with zero attached hydrogens (tertiary/aromatic N) is 2. The molecule has 2 N–H and O–H groups in total. The third-order valence-corrected chi connectivity index (χ3v) is 4.29. The molecule has 1 saturated heterocycles. The summed E-state index contributed by atoms with van der Waals surface area (Å²) in [7, 11) is 0. The van der Waals surface area contributed by atoms with Crippen molar-refractivity contribution in [3.8, 4) is 0 Å². The van der Waals surface area contributed by atoms with E-state index in [4.69, 9.17) is 4.42 Å². The van der Waals surface area contributed by atoms with Crippen molar-refractivity contribution >= 4 is 5.91 Å². The zero-order valence-corrected chi connectivity index (χ0v) is 12.8. The standard InChI is InChI=1S/C16H21N3O3/c1-10-5-6-19(13(7-10)14-4-3-11(2)22-14)16(21)15(20)12-8-17-9-18-12/h3-4,8-10,13,15,20H,5-7H2,1-2H3,(H,17,18). The van der Waals surface area contributed by atoms with E-state index < -0.39 is 6.10 Å². The molecule has 1 aliphatic heterocycles. The number of piperidine rings is 1. The van der Waals surface area contributed by atoms with Crippen LogP contribution in [0.5, 0.6) is 0 Å². The Morgan fingerprint density at radius 2 is 2.36 bits per heavy atom. The van der Waals surface area contributed by atoms with Crippen LogP contribution in [0.15, 0.2) is 29.1 Å². The number of carbonyl (C=O) groups is 1. The number of hydrogen-bond donors (Lipinski definition) is 2. The number of aliphatic hydroxyl groups excluding tert-OH is 1. The normalized spacial score (nSPS) is 23.5. The molecule has 1 aliphatic rings. The van der Waals surface area contributed by atoms with Crippen molar-refractivity contribution in [2.45, 2.75) is 38.8 Å². The molecule has 1 fully saturated rings. The van der Waals surface area contributed by atoms with E-state index in [9.17, 15) is 9.90 Å². The van der Waals surface area contributed by atoms with Gasteiger partial charge in [-0.3, -0.25) is 4.79 Å². The van der Waals surface area contributed by atoms with Crippen LogP contribution in [0.4, 0.5) is 0 Å². The van der Waals surface area contributed by atoms with Gasteiger partial charge in [-0.2, -0.15) is 0 Å². The Balaban J connectivity index is 1.84. The smallest absolute Gasteiger partial charge is 0.258 e. The average molecular weight is 303 g/mol. The quantitative estimate of drug-likeness (QED) is 0.912. The first-order valence-electron chi connectivity index (χ1n) is 7.59. The molecule has 0 saturated carbocycles. The molecule has 0 aromatic carbocycles. The zero-order chi connectivity index (χ0) is 15.7. The minimum Gasteiger partial charge on any atom is -0.464 e. The summed E-state index contributed by atoms with van der Waals surface area (Å²) < 4.78 is 5.73. The van der Waals surface area contributed by atoms with Crippen molar-refractivity contribution in [1.29, 1.82) is 0 Å². The van der Waals surface area contributed by atoms with Gasteiger partial charge in [0.25, 0.3) is 5.91 Å². The molecule has 3 rings (SSSR count). The van der Waals surface area contributed by atoms with E-state index in [1.165, 1.54) is 12.5 Å². The van der Waals surface area contributed by atoms with Crippen LogP contribution in [0, 0.1) is 12.8 Å². The Morgan fingerprint density at radius 1 is 1.55 bits per heavy atom. The summed E-state index contributed by atoms with van der Waals surface area (Å²) in [4.78, 5) is 21.1. The van der Waals surface area contributed by atoms with Crippen LogP contribution < -0.4 is 0 Å². The predicted molar refractivity (Wildman–Crippen MR) is 79.8 cm³/mol. The Kier molecular flexibility index (Phi) is 4.02. The number of carbonyl (C=O) groups excluding carboxylic acids is 1. The van der Waals surface area contributed by atoms with Crippen molar-refractivity contribution in [1.82, 2.24) is 14.9 Å². The fourth-order valence-electron chi connectivity index (χ4n) is 3.01. The van der Waals surface area contributed by atoms with E-state index in [0.29, 0.717) is 18.2 Å². The molecule has 2 aromatic rings. The molecule has 2 aromatic heterocycles. The first-order valence-corrected chi connectivity index (χ1v) is 7.59. The van der Waals surface area contributed by atoms with Crippen molar-refractivity contribution in [3.05, 3.63) is 41.9 Å². The van der Waals surface area contributed by atoms with Crippen LogP contribution >= 0.6 is 0 Å². The lowest BCUT2D eigenvalue weighted by Gasteiger charge is -2.38. The number of aliphatic hydroxyl groups is 1. The highest BCUT2D eigenvalue weighted by molar-refractivity contribution is 5.82. The predicted octanol–water partition coefficient (Wildman–Crippen LogP) is 2.34. The van der Waals surface area contributed by atoms with Crippen LogP contribution in [0.3, 0.4) is 0 Å². The van der Waals surface area contributed by atoms with Gasteiger partial charge in [0.15, 0.2) is 6.10 Å². The molecule has 0 aliphatic carbocycles. The van der Waals surface area contributed by atoms with Crippen molar-refractivity contribution < 1.29 is 14.3 Å². The summed E-state index contributed by atoms with van der Waals surface area (Å²) in [6.07, 6.45) is 3.49. The van der Waals surface area contributed by atoms with Crippen LogP contribution in [-0.4, -0.2) is 32.4 Å².